The van der Waals surface area contributed by atoms with E-state index in [2.05, 4.69) is 5.10 Å². The summed E-state index contributed by atoms with van der Waals surface area (Å²) < 4.78 is 6.89. The lowest BCUT2D eigenvalue weighted by molar-refractivity contribution is -0.146. The van der Waals surface area contributed by atoms with Gasteiger partial charge in [-0.3, -0.25) is 14.3 Å². The molecule has 2 aliphatic rings. The van der Waals surface area contributed by atoms with Gasteiger partial charge in [0.15, 0.2) is 5.69 Å². The Kier molecular flexibility index (Phi) is 5.41. The van der Waals surface area contributed by atoms with E-state index in [4.69, 9.17) is 4.74 Å². The zero-order valence-corrected chi connectivity index (χ0v) is 17.1. The summed E-state index contributed by atoms with van der Waals surface area (Å²) in [6.07, 6.45) is 3.18. The minimum absolute atomic E-state index is 0.0610. The second kappa shape index (κ2) is 7.99. The number of ether oxygens (including phenoxy) is 1. The molecule has 0 saturated carbocycles. The maximum atomic E-state index is 13.4. The summed E-state index contributed by atoms with van der Waals surface area (Å²) >= 11 is 0. The number of hydrogen-bond acceptors (Lipinski definition) is 4. The van der Waals surface area contributed by atoms with Gasteiger partial charge in [0.2, 0.25) is 5.91 Å². The fourth-order valence-electron chi connectivity index (χ4n) is 4.73. The predicted octanol–water partition coefficient (Wildman–Crippen LogP) is 2.33. The normalized spacial score (nSPS) is 21.9. The van der Waals surface area contributed by atoms with Gasteiger partial charge in [-0.2, -0.15) is 5.10 Å². The summed E-state index contributed by atoms with van der Waals surface area (Å²) in [5.41, 5.74) is 1.57. The van der Waals surface area contributed by atoms with E-state index in [9.17, 15) is 9.59 Å². The van der Waals surface area contributed by atoms with Crippen LogP contribution in [0.25, 0.3) is 11.3 Å². The van der Waals surface area contributed by atoms with Gasteiger partial charge in [0.25, 0.3) is 5.91 Å². The highest BCUT2D eigenvalue weighted by atomic mass is 16.5. The van der Waals surface area contributed by atoms with Crippen LogP contribution < -0.4 is 0 Å². The lowest BCUT2D eigenvalue weighted by atomic mass is 9.85. The van der Waals surface area contributed by atoms with Crippen molar-refractivity contribution in [2.45, 2.75) is 31.2 Å². The van der Waals surface area contributed by atoms with E-state index >= 15 is 0 Å². The summed E-state index contributed by atoms with van der Waals surface area (Å²) in [5.74, 6) is -0.0897. The van der Waals surface area contributed by atoms with Gasteiger partial charge in [0.05, 0.1) is 12.3 Å². The minimum Gasteiger partial charge on any atom is -0.383 e. The summed E-state index contributed by atoms with van der Waals surface area (Å²) in [6, 6.07) is 11.7. The van der Waals surface area contributed by atoms with Gasteiger partial charge in [-0.05, 0) is 37.3 Å². The van der Waals surface area contributed by atoms with Crippen molar-refractivity contribution in [1.82, 2.24) is 19.6 Å². The molecular formula is C22H28N4O3. The van der Waals surface area contributed by atoms with Crippen LogP contribution in [0.1, 0.15) is 36.2 Å². The van der Waals surface area contributed by atoms with Gasteiger partial charge in [-0.15, -0.1) is 0 Å². The quantitative estimate of drug-likeness (QED) is 0.778. The average molecular weight is 396 g/mol. The van der Waals surface area contributed by atoms with Crippen molar-refractivity contribution in [3.05, 3.63) is 42.1 Å². The molecule has 0 radical (unpaired) electrons. The Morgan fingerprint density at radius 3 is 2.62 bits per heavy atom. The van der Waals surface area contributed by atoms with Crippen LogP contribution in [-0.4, -0.2) is 70.3 Å². The first-order chi connectivity index (χ1) is 14.1. The highest BCUT2D eigenvalue weighted by Gasteiger charge is 2.53. The number of carbonyl (C=O) groups excluding carboxylic acids is 2. The number of hydrogen-bond donors (Lipinski definition) is 0. The molecule has 154 valence electrons. The molecule has 2 amide bonds. The molecule has 7 nitrogen and oxygen atoms in total. The molecule has 7 heteroatoms. The third-order valence-corrected chi connectivity index (χ3v) is 6.17. The second-order valence-electron chi connectivity index (χ2n) is 7.88. The first kappa shape index (κ1) is 19.6. The van der Waals surface area contributed by atoms with E-state index in [-0.39, 0.29) is 11.8 Å². The number of rotatable bonds is 5. The number of piperidine rings is 1. The maximum absolute atomic E-state index is 13.4. The van der Waals surface area contributed by atoms with E-state index in [0.717, 1.165) is 43.5 Å². The van der Waals surface area contributed by atoms with Crippen LogP contribution in [0.5, 0.6) is 0 Å². The third-order valence-electron chi connectivity index (χ3n) is 6.17. The van der Waals surface area contributed by atoms with Crippen LogP contribution in [-0.2, 0) is 16.6 Å². The highest BCUT2D eigenvalue weighted by Crippen LogP contribution is 2.39. The number of methoxy groups -OCH3 is 1. The molecule has 4 rings (SSSR count). The minimum atomic E-state index is -0.729. The number of carbonyl (C=O) groups is 2. The second-order valence-corrected chi connectivity index (χ2v) is 7.88. The van der Waals surface area contributed by atoms with Gasteiger partial charge in [0.1, 0.15) is 5.54 Å². The number of likely N-dealkylation sites (tertiary alicyclic amines) is 2. The Hall–Kier alpha value is -2.67. The van der Waals surface area contributed by atoms with Crippen molar-refractivity contribution in [2.75, 3.05) is 33.4 Å². The monoisotopic (exact) mass is 396 g/mol. The largest absolute Gasteiger partial charge is 0.383 e. The summed E-state index contributed by atoms with van der Waals surface area (Å²) in [4.78, 5) is 30.4. The Bertz CT molecular complexity index is 895. The van der Waals surface area contributed by atoms with Gasteiger partial charge >= 0.3 is 0 Å². The number of aromatic nitrogens is 2. The van der Waals surface area contributed by atoms with Crippen LogP contribution >= 0.6 is 0 Å². The standard InChI is InChI=1S/C22H28N4O3/c1-24-19(17-8-4-3-5-9-17)16-18(23-24)20(27)26-13-7-11-22(26)10-6-12-25(21(22)28)14-15-29-2/h3-5,8-9,16H,6-7,10-15H2,1-2H3. The molecule has 2 aromatic rings. The third kappa shape index (κ3) is 3.44. The van der Waals surface area contributed by atoms with E-state index in [1.54, 1.807) is 16.7 Å². The SMILES string of the molecule is COCCN1CCCC2(CCCN2C(=O)c2cc(-c3ccccc3)n(C)n2)C1=O. The van der Waals surface area contributed by atoms with Crippen molar-refractivity contribution in [2.24, 2.45) is 7.05 Å². The van der Waals surface area contributed by atoms with Gasteiger partial charge in [-0.1, -0.05) is 30.3 Å². The molecule has 2 aliphatic heterocycles. The predicted molar refractivity (Wildman–Crippen MR) is 109 cm³/mol. The number of nitrogens with zero attached hydrogens (tertiary/aromatic N) is 4. The summed E-state index contributed by atoms with van der Waals surface area (Å²) in [5, 5.41) is 4.48. The first-order valence-electron chi connectivity index (χ1n) is 10.3. The Morgan fingerprint density at radius 2 is 1.90 bits per heavy atom. The smallest absolute Gasteiger partial charge is 0.275 e. The summed E-state index contributed by atoms with van der Waals surface area (Å²) in [6.45, 7) is 2.41. The molecule has 0 N–H and O–H groups in total. The topological polar surface area (TPSA) is 67.7 Å². The lowest BCUT2D eigenvalue weighted by Crippen LogP contribution is -2.61. The van der Waals surface area contributed by atoms with Crippen molar-refractivity contribution in [3.8, 4) is 11.3 Å². The fourth-order valence-corrected chi connectivity index (χ4v) is 4.73. The molecule has 1 aromatic carbocycles. The van der Waals surface area contributed by atoms with Crippen LogP contribution in [0, 0.1) is 0 Å². The van der Waals surface area contributed by atoms with Gasteiger partial charge in [-0.25, -0.2) is 0 Å². The van der Waals surface area contributed by atoms with Crippen molar-refractivity contribution in [3.63, 3.8) is 0 Å². The van der Waals surface area contributed by atoms with E-state index in [1.165, 1.54) is 0 Å². The molecule has 2 saturated heterocycles. The van der Waals surface area contributed by atoms with Gasteiger partial charge in [0, 0.05) is 33.8 Å². The zero-order chi connectivity index (χ0) is 20.4. The molecule has 1 atom stereocenters. The fraction of sp³-hybridized carbons (Fsp3) is 0.500. The Morgan fingerprint density at radius 1 is 1.17 bits per heavy atom. The van der Waals surface area contributed by atoms with Crippen LogP contribution in [0.15, 0.2) is 36.4 Å². The first-order valence-corrected chi connectivity index (χ1v) is 10.3. The molecule has 1 unspecified atom stereocenters. The van der Waals surface area contributed by atoms with Crippen molar-refractivity contribution >= 4 is 11.8 Å². The average Bonchev–Trinajstić information content (AvgIpc) is 3.34. The summed E-state index contributed by atoms with van der Waals surface area (Å²) in [7, 11) is 3.48. The van der Waals surface area contributed by atoms with Crippen LogP contribution in [0.4, 0.5) is 0 Å². The molecule has 2 fully saturated rings. The molecule has 1 spiro atoms. The van der Waals surface area contributed by atoms with E-state index in [1.807, 2.05) is 48.3 Å². The van der Waals surface area contributed by atoms with E-state index in [0.29, 0.717) is 25.4 Å². The van der Waals surface area contributed by atoms with Crippen molar-refractivity contribution < 1.29 is 14.3 Å². The van der Waals surface area contributed by atoms with Crippen LogP contribution in [0.2, 0.25) is 0 Å². The molecular weight excluding hydrogens is 368 g/mol. The number of aryl methyl sites for hydroxylation is 1. The van der Waals surface area contributed by atoms with E-state index < -0.39 is 5.54 Å². The molecule has 0 bridgehead atoms. The Labute approximate surface area is 171 Å². The molecule has 0 aliphatic carbocycles. The molecule has 3 heterocycles. The lowest BCUT2D eigenvalue weighted by Gasteiger charge is -2.44. The zero-order valence-electron chi connectivity index (χ0n) is 17.1. The number of amides is 2. The molecule has 1 aromatic heterocycles. The Balaban J connectivity index is 1.61. The van der Waals surface area contributed by atoms with Crippen molar-refractivity contribution in [1.29, 1.82) is 0 Å². The maximum Gasteiger partial charge on any atom is 0.275 e. The van der Waals surface area contributed by atoms with Gasteiger partial charge < -0.3 is 14.5 Å². The van der Waals surface area contributed by atoms with Crippen LogP contribution in [0.3, 0.4) is 0 Å². The molecule has 29 heavy (non-hydrogen) atoms. The highest BCUT2D eigenvalue weighted by molar-refractivity contribution is 5.99. The number of benzene rings is 1.